The fourth-order valence-corrected chi connectivity index (χ4v) is 2.29. The molecule has 1 aliphatic rings. The Kier molecular flexibility index (Phi) is 2.53. The largest absolute Gasteiger partial charge is 0.314 e. The minimum absolute atomic E-state index is 0.535. The molecule has 0 saturated carbocycles. The molecule has 0 spiro atoms. The third kappa shape index (κ3) is 1.90. The van der Waals surface area contributed by atoms with Crippen LogP contribution in [0, 0.1) is 0 Å². The number of fused-ring (bicyclic) bond motifs is 1. The highest BCUT2D eigenvalue weighted by Gasteiger charge is 2.16. The lowest BCUT2D eigenvalue weighted by molar-refractivity contribution is 0.585. The topological polar surface area (TPSA) is 42.2 Å². The molecule has 0 radical (unpaired) electrons. The summed E-state index contributed by atoms with van der Waals surface area (Å²) in [4.78, 5) is 4.46. The predicted octanol–water partition coefficient (Wildman–Crippen LogP) is 1.68. The molecule has 1 unspecified atom stereocenters. The van der Waals surface area contributed by atoms with E-state index >= 15 is 0 Å². The van der Waals surface area contributed by atoms with E-state index in [1.165, 1.54) is 12.8 Å². The molecule has 1 atom stereocenters. The number of hydrogen-bond donors (Lipinski definition) is 1. The molecule has 1 fully saturated rings. The fraction of sp³-hybridized carbons (Fsp3) is 0.455. The zero-order valence-corrected chi connectivity index (χ0v) is 9.61. The van der Waals surface area contributed by atoms with Crippen molar-refractivity contribution in [2.24, 2.45) is 0 Å². The SMILES string of the molecule is Clc1ccn2nc(CC3CCCN3)nc2c1. The summed E-state index contributed by atoms with van der Waals surface area (Å²) in [5.41, 5.74) is 0.820. The highest BCUT2D eigenvalue weighted by Crippen LogP contribution is 2.13. The maximum atomic E-state index is 5.90. The van der Waals surface area contributed by atoms with Gasteiger partial charge in [0.15, 0.2) is 11.5 Å². The van der Waals surface area contributed by atoms with Crippen LogP contribution in [0.25, 0.3) is 5.65 Å². The van der Waals surface area contributed by atoms with Crippen LogP contribution in [0.15, 0.2) is 18.3 Å². The van der Waals surface area contributed by atoms with Gasteiger partial charge in [-0.1, -0.05) is 11.6 Å². The molecule has 16 heavy (non-hydrogen) atoms. The summed E-state index contributed by atoms with van der Waals surface area (Å²) in [5.74, 6) is 0.890. The van der Waals surface area contributed by atoms with Crippen LogP contribution in [0.5, 0.6) is 0 Å². The van der Waals surface area contributed by atoms with Crippen LogP contribution < -0.4 is 5.32 Å². The number of nitrogens with one attached hydrogen (secondary N) is 1. The van der Waals surface area contributed by atoms with Gasteiger partial charge in [0, 0.05) is 29.7 Å². The maximum Gasteiger partial charge on any atom is 0.157 e. The molecule has 0 aromatic carbocycles. The molecule has 0 amide bonds. The lowest BCUT2D eigenvalue weighted by Gasteiger charge is -2.05. The van der Waals surface area contributed by atoms with Crippen LogP contribution in [-0.4, -0.2) is 27.2 Å². The normalized spacial score (nSPS) is 20.7. The first kappa shape index (κ1) is 10.1. The molecular formula is C11H13ClN4. The summed E-state index contributed by atoms with van der Waals surface area (Å²) in [6.45, 7) is 1.11. The minimum atomic E-state index is 0.535. The van der Waals surface area contributed by atoms with Crippen LogP contribution >= 0.6 is 11.6 Å². The van der Waals surface area contributed by atoms with Gasteiger partial charge in [0.1, 0.15) is 0 Å². The fourth-order valence-electron chi connectivity index (χ4n) is 2.14. The Morgan fingerprint density at radius 1 is 1.56 bits per heavy atom. The zero-order valence-electron chi connectivity index (χ0n) is 8.86. The molecule has 1 saturated heterocycles. The van der Waals surface area contributed by atoms with Crippen molar-refractivity contribution in [1.29, 1.82) is 0 Å². The van der Waals surface area contributed by atoms with Gasteiger partial charge in [-0.25, -0.2) is 9.50 Å². The van der Waals surface area contributed by atoms with Crippen LogP contribution in [-0.2, 0) is 6.42 Å². The lowest BCUT2D eigenvalue weighted by Crippen LogP contribution is -2.24. The van der Waals surface area contributed by atoms with E-state index in [1.807, 2.05) is 18.3 Å². The second-order valence-electron chi connectivity index (χ2n) is 4.17. The molecule has 84 valence electrons. The molecule has 3 heterocycles. The first-order valence-corrected chi connectivity index (χ1v) is 5.93. The Labute approximate surface area is 98.6 Å². The van der Waals surface area contributed by atoms with Crippen LogP contribution in [0.4, 0.5) is 0 Å². The van der Waals surface area contributed by atoms with Gasteiger partial charge in [-0.3, -0.25) is 0 Å². The first-order valence-electron chi connectivity index (χ1n) is 5.55. The summed E-state index contributed by atoms with van der Waals surface area (Å²) in [7, 11) is 0. The molecule has 1 aliphatic heterocycles. The predicted molar refractivity (Wildman–Crippen MR) is 62.7 cm³/mol. The van der Waals surface area contributed by atoms with Crippen molar-refractivity contribution in [1.82, 2.24) is 19.9 Å². The summed E-state index contributed by atoms with van der Waals surface area (Å²) < 4.78 is 1.77. The van der Waals surface area contributed by atoms with E-state index in [2.05, 4.69) is 15.4 Å². The van der Waals surface area contributed by atoms with Gasteiger partial charge < -0.3 is 5.32 Å². The van der Waals surface area contributed by atoms with E-state index in [0.717, 1.165) is 24.4 Å². The zero-order chi connectivity index (χ0) is 11.0. The number of hydrogen-bond acceptors (Lipinski definition) is 3. The Morgan fingerprint density at radius 3 is 3.31 bits per heavy atom. The van der Waals surface area contributed by atoms with Gasteiger partial charge in [0.25, 0.3) is 0 Å². The average Bonchev–Trinajstić information content (AvgIpc) is 2.86. The second-order valence-corrected chi connectivity index (χ2v) is 4.61. The van der Waals surface area contributed by atoms with Crippen molar-refractivity contribution in [3.05, 3.63) is 29.2 Å². The lowest BCUT2D eigenvalue weighted by atomic mass is 10.1. The van der Waals surface area contributed by atoms with Crippen molar-refractivity contribution in [2.75, 3.05) is 6.54 Å². The van der Waals surface area contributed by atoms with Gasteiger partial charge in [0.05, 0.1) is 0 Å². The minimum Gasteiger partial charge on any atom is -0.314 e. The van der Waals surface area contributed by atoms with E-state index in [-0.39, 0.29) is 0 Å². The number of rotatable bonds is 2. The highest BCUT2D eigenvalue weighted by atomic mass is 35.5. The molecular weight excluding hydrogens is 224 g/mol. The van der Waals surface area contributed by atoms with Gasteiger partial charge >= 0.3 is 0 Å². The third-order valence-corrected chi connectivity index (χ3v) is 3.17. The number of pyridine rings is 1. The Balaban J connectivity index is 1.86. The summed E-state index contributed by atoms with van der Waals surface area (Å²) in [6, 6.07) is 4.19. The van der Waals surface area contributed by atoms with Crippen molar-refractivity contribution in [3.63, 3.8) is 0 Å². The van der Waals surface area contributed by atoms with E-state index < -0.39 is 0 Å². The number of halogens is 1. The molecule has 0 bridgehead atoms. The Bertz CT molecular complexity index is 502. The van der Waals surface area contributed by atoms with Crippen LogP contribution in [0.2, 0.25) is 5.02 Å². The smallest absolute Gasteiger partial charge is 0.157 e. The quantitative estimate of drug-likeness (QED) is 0.863. The van der Waals surface area contributed by atoms with E-state index in [0.29, 0.717) is 11.1 Å². The summed E-state index contributed by atoms with van der Waals surface area (Å²) in [6.07, 6.45) is 5.22. The summed E-state index contributed by atoms with van der Waals surface area (Å²) >= 11 is 5.90. The Morgan fingerprint density at radius 2 is 2.50 bits per heavy atom. The highest BCUT2D eigenvalue weighted by molar-refractivity contribution is 6.30. The van der Waals surface area contributed by atoms with Gasteiger partial charge in [0.2, 0.25) is 0 Å². The monoisotopic (exact) mass is 236 g/mol. The molecule has 5 heteroatoms. The van der Waals surface area contributed by atoms with Crippen molar-refractivity contribution >= 4 is 17.2 Å². The molecule has 2 aromatic rings. The van der Waals surface area contributed by atoms with E-state index in [1.54, 1.807) is 4.52 Å². The van der Waals surface area contributed by atoms with Crippen molar-refractivity contribution in [3.8, 4) is 0 Å². The second kappa shape index (κ2) is 4.03. The first-order chi connectivity index (χ1) is 7.81. The van der Waals surface area contributed by atoms with Crippen LogP contribution in [0.1, 0.15) is 18.7 Å². The van der Waals surface area contributed by atoms with E-state index in [9.17, 15) is 0 Å². The van der Waals surface area contributed by atoms with Crippen molar-refractivity contribution < 1.29 is 0 Å². The summed E-state index contributed by atoms with van der Waals surface area (Å²) in [5, 5.41) is 8.57. The maximum absolute atomic E-state index is 5.90. The molecule has 4 nitrogen and oxygen atoms in total. The average molecular weight is 237 g/mol. The molecule has 0 aliphatic carbocycles. The van der Waals surface area contributed by atoms with Crippen LogP contribution in [0.3, 0.4) is 0 Å². The molecule has 3 rings (SSSR count). The van der Waals surface area contributed by atoms with E-state index in [4.69, 9.17) is 11.6 Å². The number of aromatic nitrogens is 3. The van der Waals surface area contributed by atoms with Gasteiger partial charge in [-0.2, -0.15) is 5.10 Å². The Hall–Kier alpha value is -1.13. The standard InChI is InChI=1S/C11H13ClN4/c12-8-3-5-16-11(6-8)14-10(15-16)7-9-2-1-4-13-9/h3,5-6,9,13H,1-2,4,7H2. The van der Waals surface area contributed by atoms with Crippen molar-refractivity contribution in [2.45, 2.75) is 25.3 Å². The third-order valence-electron chi connectivity index (χ3n) is 2.93. The van der Waals surface area contributed by atoms with Gasteiger partial charge in [-0.15, -0.1) is 0 Å². The molecule has 2 aromatic heterocycles. The number of nitrogens with zero attached hydrogens (tertiary/aromatic N) is 3. The molecule has 1 N–H and O–H groups in total. The van der Waals surface area contributed by atoms with Gasteiger partial charge in [-0.05, 0) is 25.5 Å².